The van der Waals surface area contributed by atoms with Crippen molar-refractivity contribution in [1.29, 1.82) is 0 Å². The molecule has 4 aromatic rings. The lowest BCUT2D eigenvalue weighted by atomic mass is 10.1. The zero-order valence-corrected chi connectivity index (χ0v) is 19.3. The third-order valence-electron chi connectivity index (χ3n) is 5.44. The normalized spacial score (nSPS) is 12.6. The maximum absolute atomic E-state index is 13.6. The molecule has 170 valence electrons. The molecule has 34 heavy (non-hydrogen) atoms. The summed E-state index contributed by atoms with van der Waals surface area (Å²) in [7, 11) is 0. The summed E-state index contributed by atoms with van der Waals surface area (Å²) in [5.74, 6) is -0.335. The number of rotatable bonds is 5. The van der Waals surface area contributed by atoms with Crippen LogP contribution >= 0.6 is 23.4 Å². The van der Waals surface area contributed by atoms with Crippen LogP contribution in [0.4, 0.5) is 10.1 Å². The summed E-state index contributed by atoms with van der Waals surface area (Å²) in [6.45, 7) is 0.369. The number of anilines is 1. The quantitative estimate of drug-likeness (QED) is 0.354. The number of nitrogens with zero attached hydrogens (tertiary/aromatic N) is 1. The second-order valence-corrected chi connectivity index (χ2v) is 9.16. The van der Waals surface area contributed by atoms with Crippen LogP contribution in [0.5, 0.6) is 0 Å². The first-order valence-corrected chi connectivity index (χ1v) is 11.7. The van der Waals surface area contributed by atoms with Crippen LogP contribution in [0.3, 0.4) is 0 Å². The Labute approximate surface area is 204 Å². The summed E-state index contributed by atoms with van der Waals surface area (Å²) in [6, 6.07) is 20.2. The highest BCUT2D eigenvalue weighted by Gasteiger charge is 2.28. The van der Waals surface area contributed by atoms with Gasteiger partial charge in [-0.1, -0.05) is 41.6 Å². The zero-order chi connectivity index (χ0) is 23.7. The van der Waals surface area contributed by atoms with Gasteiger partial charge in [0.05, 0.1) is 30.6 Å². The van der Waals surface area contributed by atoms with Crippen LogP contribution in [0.1, 0.15) is 32.0 Å². The van der Waals surface area contributed by atoms with Crippen molar-refractivity contribution in [2.24, 2.45) is 0 Å². The van der Waals surface area contributed by atoms with Crippen molar-refractivity contribution in [3.8, 4) is 0 Å². The number of carbonyl (C=O) groups is 2. The Morgan fingerprint density at radius 1 is 1.03 bits per heavy atom. The lowest BCUT2D eigenvalue weighted by Crippen LogP contribution is -2.31. The number of benzene rings is 3. The van der Waals surface area contributed by atoms with Crippen LogP contribution in [-0.2, 0) is 13.1 Å². The predicted molar refractivity (Wildman–Crippen MR) is 129 cm³/mol. The molecule has 8 heteroatoms. The van der Waals surface area contributed by atoms with Gasteiger partial charge >= 0.3 is 0 Å². The second-order valence-electron chi connectivity index (χ2n) is 7.67. The predicted octanol–water partition coefficient (Wildman–Crippen LogP) is 6.31. The van der Waals surface area contributed by atoms with E-state index in [1.165, 1.54) is 23.9 Å². The summed E-state index contributed by atoms with van der Waals surface area (Å²) in [5, 5.41) is 3.05. The maximum Gasteiger partial charge on any atom is 0.259 e. The molecule has 0 saturated carbocycles. The lowest BCUT2D eigenvalue weighted by molar-refractivity contribution is 0.0945. The number of fused-ring (bicyclic) bond motifs is 2. The van der Waals surface area contributed by atoms with E-state index >= 15 is 0 Å². The Morgan fingerprint density at radius 3 is 2.68 bits per heavy atom. The fourth-order valence-electron chi connectivity index (χ4n) is 3.72. The fourth-order valence-corrected chi connectivity index (χ4v) is 5.01. The maximum atomic E-state index is 13.6. The van der Waals surface area contributed by atoms with Crippen LogP contribution in [0, 0.1) is 5.82 Å². The van der Waals surface area contributed by atoms with Crippen LogP contribution < -0.4 is 10.2 Å². The van der Waals surface area contributed by atoms with Crippen molar-refractivity contribution in [2.75, 3.05) is 4.90 Å². The van der Waals surface area contributed by atoms with E-state index in [0.717, 1.165) is 9.79 Å². The van der Waals surface area contributed by atoms with Crippen molar-refractivity contribution >= 4 is 40.9 Å². The van der Waals surface area contributed by atoms with Gasteiger partial charge in [0.1, 0.15) is 11.6 Å². The molecule has 1 aromatic heterocycles. The molecule has 5 nitrogen and oxygen atoms in total. The van der Waals surface area contributed by atoms with Gasteiger partial charge in [0, 0.05) is 20.4 Å². The SMILES string of the molecule is O=C(NCc1ccco1)c1ccc2c(c1)N(Cc1ccc(F)cc1Cl)C(=O)c1ccccc1S2. The van der Waals surface area contributed by atoms with Gasteiger partial charge in [-0.3, -0.25) is 9.59 Å². The Balaban J connectivity index is 1.53. The smallest absolute Gasteiger partial charge is 0.259 e. The van der Waals surface area contributed by atoms with E-state index in [9.17, 15) is 14.0 Å². The number of carbonyl (C=O) groups excluding carboxylic acids is 2. The van der Waals surface area contributed by atoms with E-state index in [1.54, 1.807) is 47.6 Å². The molecule has 0 spiro atoms. The summed E-state index contributed by atoms with van der Waals surface area (Å²) in [6.07, 6.45) is 1.54. The summed E-state index contributed by atoms with van der Waals surface area (Å²) < 4.78 is 18.9. The fraction of sp³-hybridized carbons (Fsp3) is 0.0769. The molecular weight excluding hydrogens is 475 g/mol. The van der Waals surface area contributed by atoms with Gasteiger partial charge in [-0.25, -0.2) is 4.39 Å². The van der Waals surface area contributed by atoms with Crippen molar-refractivity contribution in [2.45, 2.75) is 22.9 Å². The van der Waals surface area contributed by atoms with Crippen LogP contribution in [-0.4, -0.2) is 11.8 Å². The minimum absolute atomic E-state index is 0.122. The molecule has 0 atom stereocenters. The average molecular weight is 493 g/mol. The molecule has 2 heterocycles. The molecule has 1 N–H and O–H groups in total. The molecule has 1 aliphatic rings. The Morgan fingerprint density at radius 2 is 1.88 bits per heavy atom. The molecule has 0 unspecified atom stereocenters. The summed E-state index contributed by atoms with van der Waals surface area (Å²) >= 11 is 7.74. The lowest BCUT2D eigenvalue weighted by Gasteiger charge is -2.24. The average Bonchev–Trinajstić information content (AvgIpc) is 3.32. The number of furan rings is 1. The molecule has 3 aromatic carbocycles. The molecule has 5 rings (SSSR count). The molecule has 0 bridgehead atoms. The van der Waals surface area contributed by atoms with Crippen molar-refractivity contribution in [3.05, 3.63) is 112 Å². The largest absolute Gasteiger partial charge is 0.467 e. The van der Waals surface area contributed by atoms with Gasteiger partial charge < -0.3 is 14.6 Å². The zero-order valence-electron chi connectivity index (χ0n) is 17.8. The number of nitrogens with one attached hydrogen (secondary N) is 1. The molecule has 1 aliphatic heterocycles. The summed E-state index contributed by atoms with van der Waals surface area (Å²) in [5.41, 5.74) is 2.13. The van der Waals surface area contributed by atoms with Crippen LogP contribution in [0.25, 0.3) is 0 Å². The number of amides is 2. The first kappa shape index (κ1) is 22.3. The van der Waals surface area contributed by atoms with Gasteiger partial charge in [0.15, 0.2) is 0 Å². The third-order valence-corrected chi connectivity index (χ3v) is 6.93. The number of halogens is 2. The first-order valence-electron chi connectivity index (χ1n) is 10.5. The number of hydrogen-bond donors (Lipinski definition) is 1. The molecule has 0 saturated heterocycles. The highest BCUT2D eigenvalue weighted by molar-refractivity contribution is 7.99. The van der Waals surface area contributed by atoms with E-state index < -0.39 is 5.82 Å². The van der Waals surface area contributed by atoms with Gasteiger partial charge in [-0.15, -0.1) is 0 Å². The van der Waals surface area contributed by atoms with Gasteiger partial charge in [0.2, 0.25) is 0 Å². The Bertz CT molecular complexity index is 1390. The standard InChI is InChI=1S/C26H18ClFN2O3S/c27-21-13-18(28)9-7-17(21)15-30-22-12-16(25(31)29-14-19-4-3-11-33-19)8-10-24(22)34-23-6-2-1-5-20(23)26(30)32/h1-13H,14-15H2,(H,29,31). The minimum atomic E-state index is -0.451. The molecule has 0 radical (unpaired) electrons. The third kappa shape index (κ3) is 4.44. The Kier molecular flexibility index (Phi) is 6.13. The Hall–Kier alpha value is -3.55. The highest BCUT2D eigenvalue weighted by atomic mass is 35.5. The van der Waals surface area contributed by atoms with E-state index in [0.29, 0.717) is 28.1 Å². The van der Waals surface area contributed by atoms with E-state index in [-0.39, 0.29) is 29.9 Å². The summed E-state index contributed by atoms with van der Waals surface area (Å²) in [4.78, 5) is 29.7. The molecule has 0 aliphatic carbocycles. The topological polar surface area (TPSA) is 62.6 Å². The molecular formula is C26H18ClFN2O3S. The van der Waals surface area contributed by atoms with E-state index in [1.807, 2.05) is 24.3 Å². The minimum Gasteiger partial charge on any atom is -0.467 e. The van der Waals surface area contributed by atoms with Gasteiger partial charge in [-0.05, 0) is 60.2 Å². The monoisotopic (exact) mass is 492 g/mol. The van der Waals surface area contributed by atoms with Gasteiger partial charge in [0.25, 0.3) is 11.8 Å². The second kappa shape index (κ2) is 9.37. The van der Waals surface area contributed by atoms with Crippen molar-refractivity contribution in [1.82, 2.24) is 5.32 Å². The van der Waals surface area contributed by atoms with Crippen molar-refractivity contribution in [3.63, 3.8) is 0 Å². The molecule has 2 amide bonds. The van der Waals surface area contributed by atoms with Crippen LogP contribution in [0.2, 0.25) is 5.02 Å². The van der Waals surface area contributed by atoms with E-state index in [2.05, 4.69) is 5.32 Å². The first-order chi connectivity index (χ1) is 16.5. The highest BCUT2D eigenvalue weighted by Crippen LogP contribution is 2.42. The number of hydrogen-bond acceptors (Lipinski definition) is 4. The van der Waals surface area contributed by atoms with E-state index in [4.69, 9.17) is 16.0 Å². The van der Waals surface area contributed by atoms with Crippen molar-refractivity contribution < 1.29 is 18.4 Å². The molecule has 0 fully saturated rings. The van der Waals surface area contributed by atoms with Gasteiger partial charge in [-0.2, -0.15) is 0 Å². The van der Waals surface area contributed by atoms with Crippen LogP contribution in [0.15, 0.2) is 93.3 Å².